The van der Waals surface area contributed by atoms with E-state index in [0.717, 1.165) is 31.8 Å². The van der Waals surface area contributed by atoms with Gasteiger partial charge in [0.15, 0.2) is 0 Å². The quantitative estimate of drug-likeness (QED) is 0.721. The molecule has 0 aromatic rings. The molecule has 0 aromatic heterocycles. The molecule has 0 aromatic carbocycles. The molecule has 2 fully saturated rings. The van der Waals surface area contributed by atoms with Crippen LogP contribution in [0, 0.1) is 11.8 Å². The molecule has 1 heterocycles. The Labute approximate surface area is 92.0 Å². The molecule has 2 unspecified atom stereocenters. The second-order valence-electron chi connectivity index (χ2n) is 5.15. The van der Waals surface area contributed by atoms with Crippen molar-refractivity contribution < 1.29 is 4.79 Å². The van der Waals surface area contributed by atoms with E-state index in [1.165, 1.54) is 19.3 Å². The first-order valence-electron chi connectivity index (χ1n) is 6.27. The average molecular weight is 210 g/mol. The van der Waals surface area contributed by atoms with Gasteiger partial charge in [0.25, 0.3) is 0 Å². The molecule has 3 nitrogen and oxygen atoms in total. The lowest BCUT2D eigenvalue weighted by atomic mass is 9.97. The molecule has 1 aliphatic heterocycles. The normalized spacial score (nSPS) is 32.9. The first kappa shape index (κ1) is 10.9. The first-order chi connectivity index (χ1) is 7.25. The molecule has 3 heteroatoms. The third-order valence-corrected chi connectivity index (χ3v) is 3.75. The van der Waals surface area contributed by atoms with Gasteiger partial charge in [0.1, 0.15) is 0 Å². The summed E-state index contributed by atoms with van der Waals surface area (Å²) in [4.78, 5) is 11.9. The molecule has 1 aliphatic carbocycles. The van der Waals surface area contributed by atoms with Crippen molar-refractivity contribution >= 4 is 5.91 Å². The van der Waals surface area contributed by atoms with Gasteiger partial charge in [-0.25, -0.2) is 0 Å². The minimum atomic E-state index is 0.266. The second kappa shape index (κ2) is 4.97. The van der Waals surface area contributed by atoms with Gasteiger partial charge in [-0.15, -0.1) is 0 Å². The van der Waals surface area contributed by atoms with Gasteiger partial charge in [-0.3, -0.25) is 4.79 Å². The van der Waals surface area contributed by atoms with Gasteiger partial charge in [0, 0.05) is 12.0 Å². The summed E-state index contributed by atoms with van der Waals surface area (Å²) in [6, 6.07) is 0.461. The highest BCUT2D eigenvalue weighted by Gasteiger charge is 2.26. The van der Waals surface area contributed by atoms with E-state index < -0.39 is 0 Å². The number of carbonyl (C=O) groups is 1. The summed E-state index contributed by atoms with van der Waals surface area (Å²) in [5.41, 5.74) is 0. The van der Waals surface area contributed by atoms with Crippen LogP contribution in [0.3, 0.4) is 0 Å². The van der Waals surface area contributed by atoms with E-state index in [2.05, 4.69) is 17.6 Å². The fraction of sp³-hybridized carbons (Fsp3) is 0.917. The lowest BCUT2D eigenvalue weighted by Crippen LogP contribution is -2.41. The number of rotatable bonds is 2. The summed E-state index contributed by atoms with van der Waals surface area (Å²) >= 11 is 0. The lowest BCUT2D eigenvalue weighted by molar-refractivity contribution is -0.126. The van der Waals surface area contributed by atoms with Gasteiger partial charge in [0.2, 0.25) is 5.91 Å². The van der Waals surface area contributed by atoms with Crippen LogP contribution in [0.1, 0.15) is 39.0 Å². The molecule has 2 aliphatic rings. The molecule has 1 amide bonds. The van der Waals surface area contributed by atoms with E-state index >= 15 is 0 Å². The van der Waals surface area contributed by atoms with Crippen LogP contribution in [-0.2, 0) is 4.79 Å². The van der Waals surface area contributed by atoms with Crippen molar-refractivity contribution in [1.29, 1.82) is 0 Å². The Morgan fingerprint density at radius 3 is 2.53 bits per heavy atom. The highest BCUT2D eigenvalue weighted by molar-refractivity contribution is 5.79. The van der Waals surface area contributed by atoms with Gasteiger partial charge in [0.05, 0.1) is 0 Å². The summed E-state index contributed by atoms with van der Waals surface area (Å²) in [6.07, 6.45) is 5.65. The smallest absolute Gasteiger partial charge is 0.223 e. The van der Waals surface area contributed by atoms with Crippen molar-refractivity contribution in [3.05, 3.63) is 0 Å². The maximum absolute atomic E-state index is 11.9. The number of hydrogen-bond acceptors (Lipinski definition) is 2. The monoisotopic (exact) mass is 210 g/mol. The minimum absolute atomic E-state index is 0.266. The van der Waals surface area contributed by atoms with E-state index in [4.69, 9.17) is 0 Å². The minimum Gasteiger partial charge on any atom is -0.353 e. The molecule has 0 bridgehead atoms. The van der Waals surface area contributed by atoms with Crippen LogP contribution in [0.25, 0.3) is 0 Å². The maximum Gasteiger partial charge on any atom is 0.223 e. The zero-order chi connectivity index (χ0) is 10.7. The Morgan fingerprint density at radius 2 is 1.93 bits per heavy atom. The highest BCUT2D eigenvalue weighted by Crippen LogP contribution is 2.25. The Morgan fingerprint density at radius 1 is 1.20 bits per heavy atom. The topological polar surface area (TPSA) is 41.1 Å². The predicted molar refractivity (Wildman–Crippen MR) is 60.5 cm³/mol. The molecule has 0 spiro atoms. The number of amides is 1. The van der Waals surface area contributed by atoms with Crippen LogP contribution in [-0.4, -0.2) is 25.0 Å². The van der Waals surface area contributed by atoms with Crippen molar-refractivity contribution in [2.75, 3.05) is 13.1 Å². The number of piperidine rings is 1. The van der Waals surface area contributed by atoms with E-state index in [0.29, 0.717) is 11.9 Å². The zero-order valence-corrected chi connectivity index (χ0v) is 9.59. The Hall–Kier alpha value is -0.570. The van der Waals surface area contributed by atoms with Crippen LogP contribution in [0.5, 0.6) is 0 Å². The van der Waals surface area contributed by atoms with Gasteiger partial charge >= 0.3 is 0 Å². The van der Waals surface area contributed by atoms with Crippen LogP contribution in [0.4, 0.5) is 0 Å². The highest BCUT2D eigenvalue weighted by atomic mass is 16.1. The summed E-state index contributed by atoms with van der Waals surface area (Å²) in [5, 5.41) is 6.50. The molecule has 1 saturated heterocycles. The molecule has 2 rings (SSSR count). The summed E-state index contributed by atoms with van der Waals surface area (Å²) in [6.45, 7) is 4.27. The van der Waals surface area contributed by atoms with E-state index in [1.807, 2.05) is 0 Å². The SMILES string of the molecule is CC1CCC(NC(=O)C2CCNCC2)C1. The van der Waals surface area contributed by atoms with Gasteiger partial charge in [-0.1, -0.05) is 6.92 Å². The Bertz CT molecular complexity index is 224. The maximum atomic E-state index is 11.9. The molecular weight excluding hydrogens is 188 g/mol. The summed E-state index contributed by atoms with van der Waals surface area (Å²) < 4.78 is 0. The van der Waals surface area contributed by atoms with Crippen LogP contribution in [0.15, 0.2) is 0 Å². The largest absolute Gasteiger partial charge is 0.353 e. The molecular formula is C12H22N2O. The third kappa shape index (κ3) is 2.94. The first-order valence-corrected chi connectivity index (χ1v) is 6.27. The number of hydrogen-bond donors (Lipinski definition) is 2. The number of carbonyl (C=O) groups excluding carboxylic acids is 1. The summed E-state index contributed by atoms with van der Waals surface area (Å²) in [7, 11) is 0. The summed E-state index contributed by atoms with van der Waals surface area (Å²) in [5.74, 6) is 1.36. The Kier molecular flexibility index (Phi) is 3.62. The Balaban J connectivity index is 1.76. The van der Waals surface area contributed by atoms with Crippen molar-refractivity contribution in [1.82, 2.24) is 10.6 Å². The lowest BCUT2D eigenvalue weighted by Gasteiger charge is -2.23. The second-order valence-corrected chi connectivity index (χ2v) is 5.15. The van der Waals surface area contributed by atoms with E-state index in [-0.39, 0.29) is 5.92 Å². The molecule has 15 heavy (non-hydrogen) atoms. The van der Waals surface area contributed by atoms with Gasteiger partial charge in [-0.05, 0) is 51.1 Å². The van der Waals surface area contributed by atoms with Crippen molar-refractivity contribution in [3.63, 3.8) is 0 Å². The third-order valence-electron chi connectivity index (χ3n) is 3.75. The van der Waals surface area contributed by atoms with E-state index in [9.17, 15) is 4.79 Å². The fourth-order valence-corrected chi connectivity index (χ4v) is 2.74. The van der Waals surface area contributed by atoms with E-state index in [1.54, 1.807) is 0 Å². The van der Waals surface area contributed by atoms with Crippen molar-refractivity contribution in [2.24, 2.45) is 11.8 Å². The average Bonchev–Trinajstić information content (AvgIpc) is 2.65. The molecule has 2 atom stereocenters. The van der Waals surface area contributed by atoms with Gasteiger partial charge < -0.3 is 10.6 Å². The predicted octanol–water partition coefficient (Wildman–Crippen LogP) is 1.29. The molecule has 2 N–H and O–H groups in total. The van der Waals surface area contributed by atoms with Crippen LogP contribution in [0.2, 0.25) is 0 Å². The molecule has 1 saturated carbocycles. The van der Waals surface area contributed by atoms with Crippen LogP contribution >= 0.6 is 0 Å². The van der Waals surface area contributed by atoms with Crippen molar-refractivity contribution in [2.45, 2.75) is 45.1 Å². The molecule has 86 valence electrons. The fourth-order valence-electron chi connectivity index (χ4n) is 2.74. The molecule has 0 radical (unpaired) electrons. The van der Waals surface area contributed by atoms with Crippen molar-refractivity contribution in [3.8, 4) is 0 Å². The van der Waals surface area contributed by atoms with Crippen LogP contribution < -0.4 is 10.6 Å². The van der Waals surface area contributed by atoms with Gasteiger partial charge in [-0.2, -0.15) is 0 Å². The zero-order valence-electron chi connectivity index (χ0n) is 9.59. The standard InChI is InChI=1S/C12H22N2O/c1-9-2-3-11(8-9)14-12(15)10-4-6-13-7-5-10/h9-11,13H,2-8H2,1H3,(H,14,15). The number of nitrogens with one attached hydrogen (secondary N) is 2.